The smallest absolute Gasteiger partial charge is 0.148 e. The van der Waals surface area contributed by atoms with Crippen LogP contribution >= 0.6 is 0 Å². The molecule has 92 valence electrons. The zero-order chi connectivity index (χ0) is 11.9. The number of unbranched alkanes of at least 4 members (excludes halogenated alkanes) is 1. The zero-order valence-corrected chi connectivity index (χ0v) is 9.78. The fourth-order valence-corrected chi connectivity index (χ4v) is 0.840. The van der Waals surface area contributed by atoms with Crippen molar-refractivity contribution in [2.24, 2.45) is 0 Å². The molecule has 0 aromatic rings. The standard InChI is InChI=1S/C12H20O4/c1-14-10-11-16-12-15-9-7-5-3-2-4-6-8-13/h4,6,13H,2-3,8-12H2,1H3/b6-4+. The van der Waals surface area contributed by atoms with Gasteiger partial charge in [-0.15, -0.1) is 5.92 Å². The van der Waals surface area contributed by atoms with E-state index < -0.39 is 0 Å². The van der Waals surface area contributed by atoms with Gasteiger partial charge in [0, 0.05) is 13.5 Å². The Bertz CT molecular complexity index is 215. The summed E-state index contributed by atoms with van der Waals surface area (Å²) < 4.78 is 15.0. The van der Waals surface area contributed by atoms with Gasteiger partial charge in [-0.25, -0.2) is 0 Å². The average Bonchev–Trinajstić information content (AvgIpc) is 2.31. The van der Waals surface area contributed by atoms with Crippen LogP contribution in [0.25, 0.3) is 0 Å². The van der Waals surface area contributed by atoms with Gasteiger partial charge in [-0.2, -0.15) is 0 Å². The lowest BCUT2D eigenvalue weighted by Gasteiger charge is -2.01. The summed E-state index contributed by atoms with van der Waals surface area (Å²) in [5, 5.41) is 8.46. The van der Waals surface area contributed by atoms with Crippen molar-refractivity contribution in [3.63, 3.8) is 0 Å². The molecule has 0 saturated carbocycles. The van der Waals surface area contributed by atoms with Crippen LogP contribution < -0.4 is 0 Å². The van der Waals surface area contributed by atoms with Crippen molar-refractivity contribution >= 4 is 0 Å². The van der Waals surface area contributed by atoms with Gasteiger partial charge < -0.3 is 19.3 Å². The molecule has 0 aromatic carbocycles. The van der Waals surface area contributed by atoms with Crippen LogP contribution in [-0.2, 0) is 14.2 Å². The molecule has 1 N–H and O–H groups in total. The molecule has 0 aromatic heterocycles. The first kappa shape index (κ1) is 15.1. The molecule has 0 unspecified atom stereocenters. The summed E-state index contributed by atoms with van der Waals surface area (Å²) in [5.74, 6) is 5.83. The molecular weight excluding hydrogens is 208 g/mol. The van der Waals surface area contributed by atoms with Crippen LogP contribution in [0.5, 0.6) is 0 Å². The van der Waals surface area contributed by atoms with Gasteiger partial charge in [0.2, 0.25) is 0 Å². The number of allylic oxidation sites excluding steroid dienone is 1. The predicted molar refractivity (Wildman–Crippen MR) is 61.9 cm³/mol. The van der Waals surface area contributed by atoms with Crippen molar-refractivity contribution < 1.29 is 19.3 Å². The summed E-state index contributed by atoms with van der Waals surface area (Å²) in [6.45, 7) is 1.84. The topological polar surface area (TPSA) is 47.9 Å². The monoisotopic (exact) mass is 228 g/mol. The molecule has 4 heteroatoms. The molecule has 0 bridgehead atoms. The van der Waals surface area contributed by atoms with Gasteiger partial charge in [-0.3, -0.25) is 0 Å². The molecule has 0 aliphatic heterocycles. The minimum atomic E-state index is 0.0926. The SMILES string of the molecule is COCCOCOCC#CCC/C=C/CO. The second-order valence-electron chi connectivity index (χ2n) is 2.91. The highest BCUT2D eigenvalue weighted by Crippen LogP contribution is 1.88. The van der Waals surface area contributed by atoms with Crippen molar-refractivity contribution in [3.05, 3.63) is 12.2 Å². The molecule has 0 spiro atoms. The van der Waals surface area contributed by atoms with Gasteiger partial charge in [0.15, 0.2) is 0 Å². The van der Waals surface area contributed by atoms with E-state index in [0.717, 1.165) is 12.8 Å². The van der Waals surface area contributed by atoms with E-state index in [9.17, 15) is 0 Å². The third-order valence-corrected chi connectivity index (χ3v) is 1.61. The lowest BCUT2D eigenvalue weighted by Crippen LogP contribution is -2.05. The number of aliphatic hydroxyl groups excluding tert-OH is 1. The van der Waals surface area contributed by atoms with E-state index in [1.54, 1.807) is 13.2 Å². The molecule has 16 heavy (non-hydrogen) atoms. The second-order valence-corrected chi connectivity index (χ2v) is 2.91. The van der Waals surface area contributed by atoms with Crippen molar-refractivity contribution in [3.8, 4) is 11.8 Å². The van der Waals surface area contributed by atoms with E-state index in [1.807, 2.05) is 6.08 Å². The van der Waals surface area contributed by atoms with Crippen LogP contribution in [0, 0.1) is 11.8 Å². The first-order chi connectivity index (χ1) is 7.91. The summed E-state index contributed by atoms with van der Waals surface area (Å²) in [6, 6.07) is 0. The maximum absolute atomic E-state index is 8.46. The first-order valence-corrected chi connectivity index (χ1v) is 5.27. The highest BCUT2D eigenvalue weighted by molar-refractivity contribution is 5.00. The Labute approximate surface area is 97.2 Å². The van der Waals surface area contributed by atoms with E-state index in [4.69, 9.17) is 19.3 Å². The molecule has 0 aliphatic rings. The predicted octanol–water partition coefficient (Wildman–Crippen LogP) is 0.956. The lowest BCUT2D eigenvalue weighted by molar-refractivity contribution is -0.0556. The van der Waals surface area contributed by atoms with Crippen molar-refractivity contribution in [1.82, 2.24) is 0 Å². The Hall–Kier alpha value is -0.860. The van der Waals surface area contributed by atoms with Crippen molar-refractivity contribution in [2.75, 3.05) is 40.3 Å². The number of methoxy groups -OCH3 is 1. The van der Waals surface area contributed by atoms with Gasteiger partial charge in [0.25, 0.3) is 0 Å². The van der Waals surface area contributed by atoms with Crippen LogP contribution in [0.1, 0.15) is 12.8 Å². The molecule has 0 radical (unpaired) electrons. The zero-order valence-electron chi connectivity index (χ0n) is 9.78. The molecule has 0 aliphatic carbocycles. The summed E-state index contributed by atoms with van der Waals surface area (Å²) in [5.41, 5.74) is 0. The van der Waals surface area contributed by atoms with Crippen LogP contribution in [0.2, 0.25) is 0 Å². The number of hydrogen-bond acceptors (Lipinski definition) is 4. The molecule has 0 atom stereocenters. The van der Waals surface area contributed by atoms with Crippen LogP contribution in [-0.4, -0.2) is 45.4 Å². The van der Waals surface area contributed by atoms with Crippen molar-refractivity contribution in [1.29, 1.82) is 0 Å². The molecule has 0 amide bonds. The van der Waals surface area contributed by atoms with Crippen LogP contribution in [0.3, 0.4) is 0 Å². The Morgan fingerprint density at radius 2 is 2.00 bits per heavy atom. The first-order valence-electron chi connectivity index (χ1n) is 5.27. The highest BCUT2D eigenvalue weighted by atomic mass is 16.7. The van der Waals surface area contributed by atoms with E-state index in [2.05, 4.69) is 11.8 Å². The van der Waals surface area contributed by atoms with Gasteiger partial charge in [0.1, 0.15) is 13.4 Å². The fraction of sp³-hybridized carbons (Fsp3) is 0.667. The number of ether oxygens (including phenoxy) is 3. The summed E-state index contributed by atoms with van der Waals surface area (Å²) in [4.78, 5) is 0. The summed E-state index contributed by atoms with van der Waals surface area (Å²) in [7, 11) is 1.63. The van der Waals surface area contributed by atoms with Gasteiger partial charge in [0.05, 0.1) is 19.8 Å². The van der Waals surface area contributed by atoms with E-state index in [1.165, 1.54) is 0 Å². The molecule has 0 fully saturated rings. The van der Waals surface area contributed by atoms with Crippen molar-refractivity contribution in [2.45, 2.75) is 12.8 Å². The van der Waals surface area contributed by atoms with E-state index in [0.29, 0.717) is 19.8 Å². The number of aliphatic hydroxyl groups is 1. The molecule has 4 nitrogen and oxygen atoms in total. The maximum Gasteiger partial charge on any atom is 0.148 e. The quantitative estimate of drug-likeness (QED) is 0.276. The van der Waals surface area contributed by atoms with Gasteiger partial charge in [-0.05, 0) is 6.42 Å². The Morgan fingerprint density at radius 1 is 1.12 bits per heavy atom. The second kappa shape index (κ2) is 14.1. The molecule has 0 rings (SSSR count). The van der Waals surface area contributed by atoms with E-state index in [-0.39, 0.29) is 13.4 Å². The number of hydrogen-bond donors (Lipinski definition) is 1. The largest absolute Gasteiger partial charge is 0.392 e. The van der Waals surface area contributed by atoms with E-state index >= 15 is 0 Å². The Balaban J connectivity index is 3.12. The average molecular weight is 228 g/mol. The van der Waals surface area contributed by atoms with Gasteiger partial charge in [-0.1, -0.05) is 18.1 Å². The molecular formula is C12H20O4. The van der Waals surface area contributed by atoms with Crippen LogP contribution in [0.4, 0.5) is 0 Å². The molecule has 0 saturated heterocycles. The van der Waals surface area contributed by atoms with Crippen LogP contribution in [0.15, 0.2) is 12.2 Å². The fourth-order valence-electron chi connectivity index (χ4n) is 0.840. The minimum absolute atomic E-state index is 0.0926. The Morgan fingerprint density at radius 3 is 2.75 bits per heavy atom. The summed E-state index contributed by atoms with van der Waals surface area (Å²) in [6.07, 6.45) is 5.26. The number of rotatable bonds is 9. The van der Waals surface area contributed by atoms with Gasteiger partial charge >= 0.3 is 0 Å². The normalized spacial score (nSPS) is 10.4. The minimum Gasteiger partial charge on any atom is -0.392 e. The highest BCUT2D eigenvalue weighted by Gasteiger charge is 1.85. The third kappa shape index (κ3) is 13.1. The molecule has 0 heterocycles. The summed E-state index contributed by atoms with van der Waals surface area (Å²) >= 11 is 0. The lowest BCUT2D eigenvalue weighted by atomic mass is 10.3. The third-order valence-electron chi connectivity index (χ3n) is 1.61. The maximum atomic E-state index is 8.46. The Kier molecular flexibility index (Phi) is 13.4.